The lowest BCUT2D eigenvalue weighted by Gasteiger charge is -2.09. The smallest absolute Gasteiger partial charge is 0.192 e. The van der Waals surface area contributed by atoms with Crippen LogP contribution in [0.15, 0.2) is 63.5 Å². The molecule has 0 N–H and O–H groups in total. The molecule has 9 heteroatoms. The molecule has 32 heavy (non-hydrogen) atoms. The number of aryl methyl sites for hydroxylation is 3. The topological polar surface area (TPSA) is 86.7 Å². The van der Waals surface area contributed by atoms with E-state index < -0.39 is 0 Å². The summed E-state index contributed by atoms with van der Waals surface area (Å²) in [4.78, 5) is 21.6. The van der Waals surface area contributed by atoms with Crippen molar-refractivity contribution in [2.75, 3.05) is 5.75 Å². The van der Waals surface area contributed by atoms with Crippen LogP contribution in [0.25, 0.3) is 0 Å². The van der Waals surface area contributed by atoms with E-state index in [1.54, 1.807) is 6.26 Å². The van der Waals surface area contributed by atoms with Crippen molar-refractivity contribution in [1.29, 1.82) is 0 Å². The SMILES string of the molecule is Cc1ccc(C(=O)CSc2nnc(CSc3nc(C)cc(C)n3)n2Cc2ccco2)cc1. The molecular weight excluding hydrogens is 442 g/mol. The molecule has 4 rings (SSSR count). The fourth-order valence-electron chi connectivity index (χ4n) is 3.09. The summed E-state index contributed by atoms with van der Waals surface area (Å²) in [5, 5.41) is 10.1. The molecule has 0 saturated carbocycles. The predicted molar refractivity (Wildman–Crippen MR) is 125 cm³/mol. The van der Waals surface area contributed by atoms with E-state index in [0.717, 1.165) is 28.5 Å². The average molecular weight is 466 g/mol. The van der Waals surface area contributed by atoms with Crippen LogP contribution in [0.5, 0.6) is 0 Å². The van der Waals surface area contributed by atoms with Gasteiger partial charge in [0.2, 0.25) is 0 Å². The lowest BCUT2D eigenvalue weighted by atomic mass is 10.1. The number of carbonyl (C=O) groups excluding carboxylic acids is 1. The Morgan fingerprint density at radius 2 is 1.75 bits per heavy atom. The van der Waals surface area contributed by atoms with Crippen molar-refractivity contribution in [2.24, 2.45) is 0 Å². The molecule has 0 radical (unpaired) electrons. The van der Waals surface area contributed by atoms with Crippen LogP contribution >= 0.6 is 23.5 Å². The van der Waals surface area contributed by atoms with Gasteiger partial charge in [0.1, 0.15) is 11.6 Å². The fourth-order valence-corrected chi connectivity index (χ4v) is 4.83. The third-order valence-corrected chi connectivity index (χ3v) is 6.50. The molecule has 3 aromatic heterocycles. The Morgan fingerprint density at radius 3 is 2.44 bits per heavy atom. The van der Waals surface area contributed by atoms with Crippen molar-refractivity contribution >= 4 is 29.3 Å². The Bertz CT molecular complexity index is 1180. The zero-order valence-electron chi connectivity index (χ0n) is 18.1. The number of aromatic nitrogens is 5. The van der Waals surface area contributed by atoms with Crippen LogP contribution < -0.4 is 0 Å². The molecular formula is C23H23N5O2S2. The fraction of sp³-hybridized carbons (Fsp3) is 0.261. The van der Waals surface area contributed by atoms with Crippen molar-refractivity contribution < 1.29 is 9.21 Å². The summed E-state index contributed by atoms with van der Waals surface area (Å²) < 4.78 is 7.52. The molecule has 3 heterocycles. The lowest BCUT2D eigenvalue weighted by Crippen LogP contribution is -2.08. The van der Waals surface area contributed by atoms with Crippen LogP contribution in [0.4, 0.5) is 0 Å². The third-order valence-electron chi connectivity index (χ3n) is 4.69. The van der Waals surface area contributed by atoms with Gasteiger partial charge in [-0.1, -0.05) is 53.4 Å². The minimum Gasteiger partial charge on any atom is -0.467 e. The first-order chi connectivity index (χ1) is 15.5. The quantitative estimate of drug-likeness (QED) is 0.196. The van der Waals surface area contributed by atoms with Crippen LogP contribution in [0.2, 0.25) is 0 Å². The lowest BCUT2D eigenvalue weighted by molar-refractivity contribution is 0.102. The minimum atomic E-state index is 0.0575. The van der Waals surface area contributed by atoms with Gasteiger partial charge in [0.05, 0.1) is 24.3 Å². The molecule has 1 aromatic carbocycles. The van der Waals surface area contributed by atoms with Crippen LogP contribution in [-0.2, 0) is 12.3 Å². The summed E-state index contributed by atoms with van der Waals surface area (Å²) in [5.74, 6) is 2.47. The van der Waals surface area contributed by atoms with Crippen molar-refractivity contribution in [3.8, 4) is 0 Å². The summed E-state index contributed by atoms with van der Waals surface area (Å²) in [5.41, 5.74) is 3.69. The Hall–Kier alpha value is -2.91. The number of hydrogen-bond donors (Lipinski definition) is 0. The molecule has 0 spiro atoms. The predicted octanol–water partition coefficient (Wildman–Crippen LogP) is 4.90. The molecule has 0 atom stereocenters. The van der Waals surface area contributed by atoms with Gasteiger partial charge < -0.3 is 4.42 Å². The number of ketones is 1. The van der Waals surface area contributed by atoms with E-state index in [1.807, 2.05) is 67.8 Å². The van der Waals surface area contributed by atoms with Crippen LogP contribution in [0.3, 0.4) is 0 Å². The number of rotatable bonds is 9. The number of carbonyl (C=O) groups is 1. The summed E-state index contributed by atoms with van der Waals surface area (Å²) in [6.07, 6.45) is 1.64. The van der Waals surface area contributed by atoms with Crippen molar-refractivity contribution in [2.45, 2.75) is 43.4 Å². The highest BCUT2D eigenvalue weighted by Gasteiger charge is 2.17. The zero-order valence-corrected chi connectivity index (χ0v) is 19.7. The number of Topliss-reactive ketones (excluding diaryl/α,β-unsaturated/α-hetero) is 1. The maximum Gasteiger partial charge on any atom is 0.192 e. The van der Waals surface area contributed by atoms with Gasteiger partial charge in [-0.3, -0.25) is 9.36 Å². The number of furan rings is 1. The Kier molecular flexibility index (Phi) is 7.06. The number of benzene rings is 1. The standard InChI is InChI=1S/C23H23N5O2S2/c1-15-6-8-18(9-7-15)20(29)13-32-23-27-26-21(28(23)12-19-5-4-10-30-19)14-31-22-24-16(2)11-17(3)25-22/h4-11H,12-14H2,1-3H3. The maximum atomic E-state index is 12.6. The number of hydrogen-bond acceptors (Lipinski definition) is 8. The summed E-state index contributed by atoms with van der Waals surface area (Å²) in [7, 11) is 0. The van der Waals surface area contributed by atoms with Crippen molar-refractivity contribution in [3.05, 3.63) is 82.8 Å². The Labute approximate surface area is 195 Å². The van der Waals surface area contributed by atoms with E-state index in [9.17, 15) is 4.79 Å². The van der Waals surface area contributed by atoms with E-state index >= 15 is 0 Å². The summed E-state index contributed by atoms with van der Waals surface area (Å²) in [6.45, 7) is 6.41. The second kappa shape index (κ2) is 10.1. The Morgan fingerprint density at radius 1 is 1.00 bits per heavy atom. The van der Waals surface area contributed by atoms with Gasteiger partial charge in [-0.25, -0.2) is 9.97 Å². The highest BCUT2D eigenvalue weighted by molar-refractivity contribution is 7.99. The largest absolute Gasteiger partial charge is 0.467 e. The molecule has 0 unspecified atom stereocenters. The first kappa shape index (κ1) is 22.3. The zero-order chi connectivity index (χ0) is 22.5. The molecule has 0 bridgehead atoms. The van der Waals surface area contributed by atoms with E-state index in [-0.39, 0.29) is 11.5 Å². The van der Waals surface area contributed by atoms with Crippen LogP contribution in [0, 0.1) is 20.8 Å². The molecule has 0 amide bonds. The van der Waals surface area contributed by atoms with Crippen LogP contribution in [-0.4, -0.2) is 36.3 Å². The van der Waals surface area contributed by atoms with Gasteiger partial charge in [-0.15, -0.1) is 10.2 Å². The Balaban J connectivity index is 1.50. The average Bonchev–Trinajstić information content (AvgIpc) is 3.41. The first-order valence-electron chi connectivity index (χ1n) is 10.1. The molecule has 164 valence electrons. The van der Waals surface area contributed by atoms with E-state index in [1.165, 1.54) is 23.5 Å². The molecule has 0 aliphatic heterocycles. The van der Waals surface area contributed by atoms with Crippen molar-refractivity contribution in [1.82, 2.24) is 24.7 Å². The van der Waals surface area contributed by atoms with Crippen LogP contribution in [0.1, 0.15) is 38.9 Å². The van der Waals surface area contributed by atoms with Gasteiger partial charge in [-0.05, 0) is 39.0 Å². The minimum absolute atomic E-state index is 0.0575. The third kappa shape index (κ3) is 5.66. The second-order valence-corrected chi connectivity index (χ2v) is 9.25. The molecule has 0 saturated heterocycles. The molecule has 4 aromatic rings. The van der Waals surface area contributed by atoms with Gasteiger partial charge >= 0.3 is 0 Å². The monoisotopic (exact) mass is 465 g/mol. The first-order valence-corrected chi connectivity index (χ1v) is 12.1. The van der Waals surface area contributed by atoms with Gasteiger partial charge in [0.25, 0.3) is 0 Å². The normalized spacial score (nSPS) is 11.1. The second-order valence-electron chi connectivity index (χ2n) is 7.36. The van der Waals surface area contributed by atoms with E-state index in [2.05, 4.69) is 20.2 Å². The number of thioether (sulfide) groups is 2. The molecule has 0 aliphatic carbocycles. The summed E-state index contributed by atoms with van der Waals surface area (Å²) in [6, 6.07) is 13.3. The molecule has 0 aliphatic rings. The van der Waals surface area contributed by atoms with Gasteiger partial charge in [0, 0.05) is 17.0 Å². The van der Waals surface area contributed by atoms with Gasteiger partial charge in [0.15, 0.2) is 16.1 Å². The highest BCUT2D eigenvalue weighted by Crippen LogP contribution is 2.25. The van der Waals surface area contributed by atoms with E-state index in [4.69, 9.17) is 4.42 Å². The van der Waals surface area contributed by atoms with Crippen molar-refractivity contribution in [3.63, 3.8) is 0 Å². The highest BCUT2D eigenvalue weighted by atomic mass is 32.2. The molecule has 7 nitrogen and oxygen atoms in total. The van der Waals surface area contributed by atoms with Gasteiger partial charge in [-0.2, -0.15) is 0 Å². The van der Waals surface area contributed by atoms with E-state index in [0.29, 0.717) is 28.2 Å². The maximum absolute atomic E-state index is 12.6. The number of nitrogens with zero attached hydrogens (tertiary/aromatic N) is 5. The summed E-state index contributed by atoms with van der Waals surface area (Å²) >= 11 is 2.89. The molecule has 0 fully saturated rings.